The van der Waals surface area contributed by atoms with E-state index < -0.39 is 0 Å². The molecule has 1 N–H and O–H groups in total. The van der Waals surface area contributed by atoms with Crippen LogP contribution in [-0.2, 0) is 6.42 Å². The van der Waals surface area contributed by atoms with Gasteiger partial charge in [-0.15, -0.1) is 0 Å². The summed E-state index contributed by atoms with van der Waals surface area (Å²) in [4.78, 5) is 2.41. The third-order valence-electron chi connectivity index (χ3n) is 3.80. The van der Waals surface area contributed by atoms with Gasteiger partial charge >= 0.3 is 0 Å². The molecule has 1 saturated carbocycles. The number of hydrogen-bond donors (Lipinski definition) is 1. The van der Waals surface area contributed by atoms with Crippen molar-refractivity contribution in [2.45, 2.75) is 25.4 Å². The molecule has 1 aromatic rings. The van der Waals surface area contributed by atoms with Gasteiger partial charge in [0, 0.05) is 32.7 Å². The van der Waals surface area contributed by atoms with E-state index in [-0.39, 0.29) is 5.82 Å². The van der Waals surface area contributed by atoms with Crippen molar-refractivity contribution in [2.24, 2.45) is 0 Å². The molecule has 1 saturated heterocycles. The first kappa shape index (κ1) is 14.3. The Morgan fingerprint density at radius 2 is 2.05 bits per heavy atom. The summed E-state index contributed by atoms with van der Waals surface area (Å²) in [5, 5.41) is 3.34. The standard InChI is InChI=1S/C15H20BrFN2O/c16-14-10-12(17)9-11(15(14)20-13-1-2-13)3-6-19-7-4-18-5-8-19/h9-10,13,18H,1-8H2. The second kappa shape index (κ2) is 6.41. The molecule has 20 heavy (non-hydrogen) atoms. The summed E-state index contributed by atoms with van der Waals surface area (Å²) in [6.45, 7) is 5.17. The number of benzene rings is 1. The van der Waals surface area contributed by atoms with Crippen LogP contribution in [0.4, 0.5) is 4.39 Å². The number of rotatable bonds is 5. The third kappa shape index (κ3) is 3.71. The van der Waals surface area contributed by atoms with E-state index in [1.54, 1.807) is 6.07 Å². The van der Waals surface area contributed by atoms with Crippen LogP contribution >= 0.6 is 15.9 Å². The number of nitrogens with zero attached hydrogens (tertiary/aromatic N) is 1. The maximum atomic E-state index is 13.6. The van der Waals surface area contributed by atoms with E-state index in [4.69, 9.17) is 4.74 Å². The molecule has 3 nitrogen and oxygen atoms in total. The molecule has 0 amide bonds. The van der Waals surface area contributed by atoms with Crippen LogP contribution in [0.5, 0.6) is 5.75 Å². The summed E-state index contributed by atoms with van der Waals surface area (Å²) in [7, 11) is 0. The molecule has 1 aliphatic heterocycles. The van der Waals surface area contributed by atoms with Gasteiger partial charge in [0.05, 0.1) is 10.6 Å². The largest absolute Gasteiger partial charge is 0.489 e. The van der Waals surface area contributed by atoms with Gasteiger partial charge in [-0.2, -0.15) is 0 Å². The monoisotopic (exact) mass is 342 g/mol. The highest BCUT2D eigenvalue weighted by Gasteiger charge is 2.26. The van der Waals surface area contributed by atoms with E-state index in [9.17, 15) is 4.39 Å². The van der Waals surface area contributed by atoms with E-state index in [1.165, 1.54) is 6.07 Å². The lowest BCUT2D eigenvalue weighted by Crippen LogP contribution is -2.44. The maximum Gasteiger partial charge on any atom is 0.137 e. The van der Waals surface area contributed by atoms with Crippen molar-refractivity contribution >= 4 is 15.9 Å². The minimum atomic E-state index is -0.199. The van der Waals surface area contributed by atoms with Crippen molar-refractivity contribution in [3.05, 3.63) is 28.0 Å². The highest BCUT2D eigenvalue weighted by molar-refractivity contribution is 9.10. The molecule has 110 valence electrons. The number of hydrogen-bond acceptors (Lipinski definition) is 3. The van der Waals surface area contributed by atoms with Crippen LogP contribution in [0, 0.1) is 5.82 Å². The Balaban J connectivity index is 1.69. The summed E-state index contributed by atoms with van der Waals surface area (Å²) in [5.74, 6) is 0.638. The van der Waals surface area contributed by atoms with Crippen molar-refractivity contribution in [2.75, 3.05) is 32.7 Å². The van der Waals surface area contributed by atoms with Crippen molar-refractivity contribution in [3.63, 3.8) is 0 Å². The van der Waals surface area contributed by atoms with Gasteiger partial charge in [0.1, 0.15) is 11.6 Å². The number of nitrogens with one attached hydrogen (secondary N) is 1. The first-order valence-electron chi connectivity index (χ1n) is 7.30. The molecule has 2 fully saturated rings. The van der Waals surface area contributed by atoms with Crippen LogP contribution in [-0.4, -0.2) is 43.7 Å². The lowest BCUT2D eigenvalue weighted by atomic mass is 10.1. The molecule has 1 heterocycles. The van der Waals surface area contributed by atoms with Crippen LogP contribution in [0.15, 0.2) is 16.6 Å². The van der Waals surface area contributed by atoms with Crippen molar-refractivity contribution in [1.82, 2.24) is 10.2 Å². The zero-order valence-corrected chi connectivity index (χ0v) is 13.1. The minimum Gasteiger partial charge on any atom is -0.489 e. The molecule has 0 bridgehead atoms. The lowest BCUT2D eigenvalue weighted by Gasteiger charge is -2.27. The third-order valence-corrected chi connectivity index (χ3v) is 4.39. The van der Waals surface area contributed by atoms with Gasteiger partial charge in [-0.05, 0) is 52.9 Å². The average molecular weight is 343 g/mol. The van der Waals surface area contributed by atoms with Crippen LogP contribution in [0.3, 0.4) is 0 Å². The van der Waals surface area contributed by atoms with E-state index >= 15 is 0 Å². The summed E-state index contributed by atoms with van der Waals surface area (Å²) < 4.78 is 20.3. The highest BCUT2D eigenvalue weighted by Crippen LogP contribution is 2.36. The molecule has 0 aromatic heterocycles. The van der Waals surface area contributed by atoms with Crippen molar-refractivity contribution < 1.29 is 9.13 Å². The van der Waals surface area contributed by atoms with E-state index in [1.807, 2.05) is 0 Å². The minimum absolute atomic E-state index is 0.199. The van der Waals surface area contributed by atoms with E-state index in [0.717, 1.165) is 67.8 Å². The van der Waals surface area contributed by atoms with Gasteiger partial charge in [0.2, 0.25) is 0 Å². The van der Waals surface area contributed by atoms with Crippen LogP contribution in [0.1, 0.15) is 18.4 Å². The maximum absolute atomic E-state index is 13.6. The molecule has 0 atom stereocenters. The fourth-order valence-electron chi connectivity index (χ4n) is 2.50. The van der Waals surface area contributed by atoms with Crippen LogP contribution in [0.2, 0.25) is 0 Å². The lowest BCUT2D eigenvalue weighted by molar-refractivity contribution is 0.241. The van der Waals surface area contributed by atoms with Crippen molar-refractivity contribution in [1.29, 1.82) is 0 Å². The first-order valence-corrected chi connectivity index (χ1v) is 8.09. The normalized spacial score (nSPS) is 20.1. The number of piperazine rings is 1. The van der Waals surface area contributed by atoms with Gasteiger partial charge in [-0.25, -0.2) is 4.39 Å². The summed E-state index contributed by atoms with van der Waals surface area (Å²) in [5.41, 5.74) is 0.974. The van der Waals surface area contributed by atoms with Crippen LogP contribution in [0.25, 0.3) is 0 Å². The SMILES string of the molecule is Fc1cc(Br)c(OC2CC2)c(CCN2CCNCC2)c1. The fourth-order valence-corrected chi connectivity index (χ4v) is 3.06. The van der Waals surface area contributed by atoms with E-state index in [2.05, 4.69) is 26.1 Å². The summed E-state index contributed by atoms with van der Waals surface area (Å²) in [6, 6.07) is 3.11. The Bertz CT molecular complexity index is 473. The number of ether oxygens (including phenoxy) is 1. The molecule has 3 rings (SSSR count). The quantitative estimate of drug-likeness (QED) is 0.890. The zero-order valence-electron chi connectivity index (χ0n) is 11.5. The van der Waals surface area contributed by atoms with Crippen LogP contribution < -0.4 is 10.1 Å². The number of halogens is 2. The first-order chi connectivity index (χ1) is 9.72. The molecular formula is C15H20BrFN2O. The summed E-state index contributed by atoms with van der Waals surface area (Å²) >= 11 is 3.43. The Labute approximate surface area is 127 Å². The molecular weight excluding hydrogens is 323 g/mol. The molecule has 0 spiro atoms. The molecule has 0 radical (unpaired) electrons. The molecule has 1 aliphatic carbocycles. The van der Waals surface area contributed by atoms with Crippen molar-refractivity contribution in [3.8, 4) is 5.75 Å². The predicted molar refractivity (Wildman–Crippen MR) is 80.8 cm³/mol. The molecule has 0 unspecified atom stereocenters. The van der Waals surface area contributed by atoms with Gasteiger partial charge < -0.3 is 15.0 Å². The molecule has 2 aliphatic rings. The van der Waals surface area contributed by atoms with Gasteiger partial charge in [0.15, 0.2) is 0 Å². The van der Waals surface area contributed by atoms with Gasteiger partial charge in [-0.1, -0.05) is 0 Å². The fraction of sp³-hybridized carbons (Fsp3) is 0.600. The Hall–Kier alpha value is -0.650. The molecule has 5 heteroatoms. The topological polar surface area (TPSA) is 24.5 Å². The Morgan fingerprint density at radius 1 is 1.30 bits per heavy atom. The average Bonchev–Trinajstić information content (AvgIpc) is 3.25. The second-order valence-corrected chi connectivity index (χ2v) is 6.39. The van der Waals surface area contributed by atoms with Gasteiger partial charge in [-0.3, -0.25) is 0 Å². The second-order valence-electron chi connectivity index (χ2n) is 5.53. The Morgan fingerprint density at radius 3 is 2.75 bits per heavy atom. The summed E-state index contributed by atoms with van der Waals surface area (Å²) in [6.07, 6.45) is 3.38. The zero-order chi connectivity index (χ0) is 13.9. The Kier molecular flexibility index (Phi) is 4.58. The van der Waals surface area contributed by atoms with E-state index in [0.29, 0.717) is 6.10 Å². The highest BCUT2D eigenvalue weighted by atomic mass is 79.9. The predicted octanol–water partition coefficient (Wildman–Crippen LogP) is 2.58. The smallest absolute Gasteiger partial charge is 0.137 e. The molecule has 1 aromatic carbocycles. The van der Waals surface area contributed by atoms with Gasteiger partial charge in [0.25, 0.3) is 0 Å².